The summed E-state index contributed by atoms with van der Waals surface area (Å²) in [4.78, 5) is 6.69. The predicted molar refractivity (Wildman–Crippen MR) is 105 cm³/mol. The Morgan fingerprint density at radius 3 is 2.89 bits per heavy atom. The lowest BCUT2D eigenvalue weighted by atomic mass is 9.99. The van der Waals surface area contributed by atoms with Crippen molar-refractivity contribution < 1.29 is 4.74 Å². The Labute approximate surface area is 160 Å². The Kier molecular flexibility index (Phi) is 5.71. The minimum absolute atomic E-state index is 0.226. The van der Waals surface area contributed by atoms with Crippen LogP contribution in [0, 0.1) is 0 Å². The first-order chi connectivity index (χ1) is 13.3. The molecule has 7 heteroatoms. The minimum Gasteiger partial charge on any atom is -0.367 e. The van der Waals surface area contributed by atoms with Crippen molar-refractivity contribution >= 4 is 5.95 Å². The molecule has 1 fully saturated rings. The van der Waals surface area contributed by atoms with Crippen molar-refractivity contribution in [3.8, 4) is 0 Å². The van der Waals surface area contributed by atoms with E-state index in [2.05, 4.69) is 49.7 Å². The summed E-state index contributed by atoms with van der Waals surface area (Å²) in [6, 6.07) is 8.82. The van der Waals surface area contributed by atoms with Crippen LogP contribution >= 0.6 is 0 Å². The third-order valence-electron chi connectivity index (χ3n) is 5.72. The second-order valence-electron chi connectivity index (χ2n) is 7.51. The van der Waals surface area contributed by atoms with Gasteiger partial charge in [-0.1, -0.05) is 30.7 Å². The van der Waals surface area contributed by atoms with Crippen LogP contribution in [-0.2, 0) is 23.4 Å². The van der Waals surface area contributed by atoms with Gasteiger partial charge in [-0.05, 0) is 44.2 Å². The average Bonchev–Trinajstić information content (AvgIpc) is 3.30. The molecule has 146 valence electrons. The fourth-order valence-corrected chi connectivity index (χ4v) is 4.42. The number of fused-ring (bicyclic) bond motifs is 1. The highest BCUT2D eigenvalue weighted by Crippen LogP contribution is 2.43. The number of nitrogens with zero attached hydrogens (tertiary/aromatic N) is 3. The molecule has 2 aliphatic rings. The second-order valence-corrected chi connectivity index (χ2v) is 7.51. The zero-order chi connectivity index (χ0) is 18.5. The molecule has 1 aromatic heterocycles. The van der Waals surface area contributed by atoms with E-state index in [-0.39, 0.29) is 5.72 Å². The van der Waals surface area contributed by atoms with Crippen molar-refractivity contribution in [3.63, 3.8) is 0 Å². The lowest BCUT2D eigenvalue weighted by Crippen LogP contribution is -2.49. The van der Waals surface area contributed by atoms with Crippen LogP contribution < -0.4 is 11.1 Å². The van der Waals surface area contributed by atoms with E-state index >= 15 is 0 Å². The monoisotopic (exact) mass is 370 g/mol. The van der Waals surface area contributed by atoms with Gasteiger partial charge in [-0.2, -0.15) is 4.98 Å². The number of H-pyrrole nitrogens is 1. The molecular weight excluding hydrogens is 340 g/mol. The van der Waals surface area contributed by atoms with Crippen LogP contribution in [0.15, 0.2) is 24.3 Å². The van der Waals surface area contributed by atoms with E-state index in [1.165, 1.54) is 30.4 Å². The number of hydrogen-bond acceptors (Lipinski definition) is 6. The summed E-state index contributed by atoms with van der Waals surface area (Å²) in [5, 5.41) is 10.0. The number of aromatic nitrogens is 3. The van der Waals surface area contributed by atoms with Gasteiger partial charge in [-0.25, -0.2) is 0 Å². The number of anilines is 1. The normalized spacial score (nSPS) is 22.8. The number of nitrogens with two attached hydrogens (primary N) is 1. The van der Waals surface area contributed by atoms with Crippen molar-refractivity contribution in [3.05, 3.63) is 41.2 Å². The molecule has 0 bridgehead atoms. The summed E-state index contributed by atoms with van der Waals surface area (Å²) >= 11 is 0. The van der Waals surface area contributed by atoms with Crippen LogP contribution in [0.5, 0.6) is 0 Å². The van der Waals surface area contributed by atoms with E-state index in [0.717, 1.165) is 51.3 Å². The summed E-state index contributed by atoms with van der Waals surface area (Å²) in [5.41, 5.74) is 8.13. The number of hydrogen-bond donors (Lipinski definition) is 3. The number of nitrogen functional groups attached to an aromatic ring is 1. The van der Waals surface area contributed by atoms with Gasteiger partial charge in [0.2, 0.25) is 5.95 Å². The lowest BCUT2D eigenvalue weighted by Gasteiger charge is -2.44. The molecule has 0 saturated carbocycles. The number of aromatic amines is 1. The summed E-state index contributed by atoms with van der Waals surface area (Å²) in [7, 11) is 0. The van der Waals surface area contributed by atoms with E-state index in [9.17, 15) is 0 Å². The first-order valence-electron chi connectivity index (χ1n) is 10.1. The summed E-state index contributed by atoms with van der Waals surface area (Å²) in [6.07, 6.45) is 7.02. The van der Waals surface area contributed by atoms with Crippen molar-refractivity contribution in [2.24, 2.45) is 0 Å². The van der Waals surface area contributed by atoms with Crippen LogP contribution in [0.25, 0.3) is 0 Å². The number of rotatable bonds is 8. The van der Waals surface area contributed by atoms with Gasteiger partial charge in [0.05, 0.1) is 13.2 Å². The number of piperidine rings is 1. The standard InChI is InChI=1S/C20H30N6O/c21-19-23-18(24-25-19)15-22-11-6-14-27-20(26-12-4-1-5-13-26)10-9-16-7-2-3-8-17(16)20/h2-3,7-8,22H,1,4-6,9-15H2,(H3,21,23,24,25). The highest BCUT2D eigenvalue weighted by atomic mass is 16.5. The molecule has 0 amide bonds. The van der Waals surface area contributed by atoms with Gasteiger partial charge in [-0.3, -0.25) is 10.00 Å². The molecule has 1 aromatic carbocycles. The SMILES string of the molecule is Nc1n[nH]c(CNCCCOC2(N3CCCCC3)CCc3ccccc32)n1. The van der Waals surface area contributed by atoms with Gasteiger partial charge in [0, 0.05) is 18.7 Å². The molecule has 2 heterocycles. The zero-order valence-electron chi connectivity index (χ0n) is 15.9. The Morgan fingerprint density at radius 1 is 1.22 bits per heavy atom. The maximum atomic E-state index is 6.64. The van der Waals surface area contributed by atoms with E-state index in [1.54, 1.807) is 0 Å². The summed E-state index contributed by atoms with van der Waals surface area (Å²) in [6.45, 7) is 4.54. The van der Waals surface area contributed by atoms with Crippen LogP contribution in [0.2, 0.25) is 0 Å². The lowest BCUT2D eigenvalue weighted by molar-refractivity contribution is -0.169. The molecular formula is C20H30N6O. The molecule has 1 aliphatic heterocycles. The van der Waals surface area contributed by atoms with Crippen molar-refractivity contribution in [1.29, 1.82) is 0 Å². The molecule has 0 radical (unpaired) electrons. The topological polar surface area (TPSA) is 92.1 Å². The predicted octanol–water partition coefficient (Wildman–Crippen LogP) is 2.17. The third-order valence-corrected chi connectivity index (χ3v) is 5.72. The Balaban J connectivity index is 1.33. The summed E-state index contributed by atoms with van der Waals surface area (Å²) < 4.78 is 6.64. The molecule has 7 nitrogen and oxygen atoms in total. The Bertz CT molecular complexity index is 742. The zero-order valence-corrected chi connectivity index (χ0v) is 15.9. The smallest absolute Gasteiger partial charge is 0.239 e. The molecule has 1 atom stereocenters. The van der Waals surface area contributed by atoms with E-state index in [0.29, 0.717) is 12.5 Å². The van der Waals surface area contributed by atoms with E-state index in [4.69, 9.17) is 10.5 Å². The van der Waals surface area contributed by atoms with Crippen LogP contribution in [0.1, 0.15) is 49.1 Å². The Hall–Kier alpha value is -1.96. The molecule has 4 N–H and O–H groups in total. The molecule has 4 rings (SSSR count). The fourth-order valence-electron chi connectivity index (χ4n) is 4.42. The largest absolute Gasteiger partial charge is 0.367 e. The maximum Gasteiger partial charge on any atom is 0.239 e. The van der Waals surface area contributed by atoms with Crippen LogP contribution in [0.4, 0.5) is 5.95 Å². The van der Waals surface area contributed by atoms with E-state index < -0.39 is 0 Å². The van der Waals surface area contributed by atoms with Crippen molar-refractivity contribution in [2.75, 3.05) is 32.0 Å². The van der Waals surface area contributed by atoms with Gasteiger partial charge in [0.1, 0.15) is 11.5 Å². The number of nitrogens with one attached hydrogen (secondary N) is 2. The van der Waals surface area contributed by atoms with Gasteiger partial charge >= 0.3 is 0 Å². The molecule has 1 aliphatic carbocycles. The highest BCUT2D eigenvalue weighted by Gasteiger charge is 2.44. The van der Waals surface area contributed by atoms with Crippen LogP contribution in [-0.4, -0.2) is 46.3 Å². The van der Waals surface area contributed by atoms with Crippen molar-refractivity contribution in [1.82, 2.24) is 25.4 Å². The van der Waals surface area contributed by atoms with Gasteiger partial charge in [-0.15, -0.1) is 5.10 Å². The van der Waals surface area contributed by atoms with Crippen molar-refractivity contribution in [2.45, 2.75) is 50.8 Å². The molecule has 2 aromatic rings. The second kappa shape index (κ2) is 8.37. The van der Waals surface area contributed by atoms with Gasteiger partial charge in [0.25, 0.3) is 0 Å². The number of aryl methyl sites for hydroxylation is 1. The van der Waals surface area contributed by atoms with Crippen LogP contribution in [0.3, 0.4) is 0 Å². The van der Waals surface area contributed by atoms with E-state index in [1.807, 2.05) is 0 Å². The highest BCUT2D eigenvalue weighted by molar-refractivity contribution is 5.37. The first kappa shape index (κ1) is 18.4. The molecule has 27 heavy (non-hydrogen) atoms. The number of likely N-dealkylation sites (tertiary alicyclic amines) is 1. The Morgan fingerprint density at radius 2 is 2.07 bits per heavy atom. The molecule has 0 spiro atoms. The molecule has 1 unspecified atom stereocenters. The third kappa shape index (κ3) is 4.00. The maximum absolute atomic E-state index is 6.64. The van der Waals surface area contributed by atoms with Gasteiger partial charge in [0.15, 0.2) is 0 Å². The number of benzene rings is 1. The minimum atomic E-state index is -0.226. The average molecular weight is 371 g/mol. The first-order valence-corrected chi connectivity index (χ1v) is 10.1. The van der Waals surface area contributed by atoms with Gasteiger partial charge < -0.3 is 15.8 Å². The molecule has 1 saturated heterocycles. The quantitative estimate of drug-likeness (QED) is 0.617. The summed E-state index contributed by atoms with van der Waals surface area (Å²) in [5.74, 6) is 1.06. The number of ether oxygens (including phenoxy) is 1. The fraction of sp³-hybridized carbons (Fsp3) is 0.600.